The fourth-order valence-corrected chi connectivity index (χ4v) is 3.80. The molecule has 1 aromatic heterocycles. The molecule has 0 spiro atoms. The van der Waals surface area contributed by atoms with E-state index in [4.69, 9.17) is 5.11 Å². The molecule has 0 aliphatic carbocycles. The summed E-state index contributed by atoms with van der Waals surface area (Å²) in [6.07, 6.45) is 1.27. The van der Waals surface area contributed by atoms with Crippen molar-refractivity contribution in [2.24, 2.45) is 5.92 Å². The first-order valence-corrected chi connectivity index (χ1v) is 9.30. The Morgan fingerprint density at radius 1 is 1.08 bits per heavy atom. The van der Waals surface area contributed by atoms with E-state index in [-0.39, 0.29) is 22.6 Å². The zero-order chi connectivity index (χ0) is 18.5. The summed E-state index contributed by atoms with van der Waals surface area (Å²) in [5, 5.41) is 11.8. The van der Waals surface area contributed by atoms with Crippen molar-refractivity contribution in [1.29, 1.82) is 0 Å². The fraction of sp³-hybridized carbons (Fsp3) is 0.316. The number of piperidine rings is 1. The Kier molecular flexibility index (Phi) is 5.68. The van der Waals surface area contributed by atoms with E-state index in [1.54, 1.807) is 29.2 Å². The van der Waals surface area contributed by atoms with E-state index in [1.807, 2.05) is 18.2 Å². The van der Waals surface area contributed by atoms with Crippen LogP contribution in [0.1, 0.15) is 37.7 Å². The van der Waals surface area contributed by atoms with Gasteiger partial charge in [0.1, 0.15) is 4.88 Å². The molecule has 0 radical (unpaired) electrons. The maximum atomic E-state index is 12.4. The molecule has 0 saturated carbocycles. The third kappa shape index (κ3) is 4.29. The Morgan fingerprint density at radius 2 is 1.77 bits per heavy atom. The van der Waals surface area contributed by atoms with Crippen molar-refractivity contribution in [2.75, 3.05) is 13.1 Å². The largest absolute Gasteiger partial charge is 0.477 e. The summed E-state index contributed by atoms with van der Waals surface area (Å²) < 4.78 is 0. The molecule has 3 rings (SSSR count). The van der Waals surface area contributed by atoms with Crippen LogP contribution >= 0.6 is 11.3 Å². The minimum absolute atomic E-state index is 0.00393. The summed E-state index contributed by atoms with van der Waals surface area (Å²) in [7, 11) is 0. The van der Waals surface area contributed by atoms with Crippen LogP contribution in [0.5, 0.6) is 0 Å². The maximum absolute atomic E-state index is 12.4. The van der Waals surface area contributed by atoms with Crippen molar-refractivity contribution in [3.63, 3.8) is 0 Å². The van der Waals surface area contributed by atoms with Gasteiger partial charge in [-0.15, -0.1) is 11.3 Å². The molecule has 1 saturated heterocycles. The third-order valence-electron chi connectivity index (χ3n) is 4.48. The van der Waals surface area contributed by atoms with Gasteiger partial charge in [0.2, 0.25) is 5.91 Å². The number of carbonyl (C=O) groups excluding carboxylic acids is 2. The number of hydrogen-bond donors (Lipinski definition) is 2. The second-order valence-electron chi connectivity index (χ2n) is 6.22. The predicted octanol–water partition coefficient (Wildman–Crippen LogP) is 2.61. The number of nitrogens with zero attached hydrogens (tertiary/aromatic N) is 1. The Hall–Kier alpha value is -2.67. The number of aromatic carboxylic acids is 1. The van der Waals surface area contributed by atoms with Crippen LogP contribution in [0.3, 0.4) is 0 Å². The van der Waals surface area contributed by atoms with E-state index in [9.17, 15) is 14.4 Å². The van der Waals surface area contributed by atoms with Gasteiger partial charge >= 0.3 is 5.97 Å². The van der Waals surface area contributed by atoms with Gasteiger partial charge in [-0.1, -0.05) is 18.2 Å². The normalized spacial score (nSPS) is 14.8. The minimum atomic E-state index is -0.956. The highest BCUT2D eigenvalue weighted by atomic mass is 32.1. The highest BCUT2D eigenvalue weighted by Crippen LogP contribution is 2.20. The van der Waals surface area contributed by atoms with Gasteiger partial charge in [0.15, 0.2) is 0 Å². The van der Waals surface area contributed by atoms with Crippen LogP contribution in [0.15, 0.2) is 42.5 Å². The van der Waals surface area contributed by atoms with Crippen molar-refractivity contribution >= 4 is 29.1 Å². The molecule has 2 heterocycles. The van der Waals surface area contributed by atoms with Gasteiger partial charge in [0, 0.05) is 29.4 Å². The third-order valence-corrected chi connectivity index (χ3v) is 5.56. The van der Waals surface area contributed by atoms with Gasteiger partial charge < -0.3 is 15.3 Å². The average molecular weight is 372 g/mol. The number of carboxylic acid groups (broad SMARTS) is 1. The molecule has 1 aromatic carbocycles. The molecule has 1 aliphatic heterocycles. The smallest absolute Gasteiger partial charge is 0.345 e. The molecule has 1 aliphatic rings. The highest BCUT2D eigenvalue weighted by molar-refractivity contribution is 7.13. The molecule has 136 valence electrons. The van der Waals surface area contributed by atoms with Gasteiger partial charge in [-0.2, -0.15) is 0 Å². The molecular weight excluding hydrogens is 352 g/mol. The van der Waals surface area contributed by atoms with Crippen molar-refractivity contribution in [3.8, 4) is 0 Å². The van der Waals surface area contributed by atoms with Gasteiger partial charge in [0.25, 0.3) is 5.91 Å². The zero-order valence-corrected chi connectivity index (χ0v) is 15.0. The molecular formula is C19H20N2O4S. The second kappa shape index (κ2) is 8.14. The Balaban J connectivity index is 1.47. The van der Waals surface area contributed by atoms with Gasteiger partial charge in [0.05, 0.1) is 6.54 Å². The van der Waals surface area contributed by atoms with E-state index >= 15 is 0 Å². The summed E-state index contributed by atoms with van der Waals surface area (Å²) in [5.41, 5.74) is 0.669. The molecule has 2 N–H and O–H groups in total. The number of hydrogen-bond acceptors (Lipinski definition) is 4. The monoisotopic (exact) mass is 372 g/mol. The van der Waals surface area contributed by atoms with E-state index in [0.29, 0.717) is 38.0 Å². The maximum Gasteiger partial charge on any atom is 0.345 e. The first kappa shape index (κ1) is 18.1. The van der Waals surface area contributed by atoms with Crippen molar-refractivity contribution in [1.82, 2.24) is 10.2 Å². The van der Waals surface area contributed by atoms with Crippen molar-refractivity contribution < 1.29 is 19.5 Å². The van der Waals surface area contributed by atoms with Crippen LogP contribution in [0, 0.1) is 5.92 Å². The number of benzene rings is 1. The lowest BCUT2D eigenvalue weighted by atomic mass is 9.95. The quantitative estimate of drug-likeness (QED) is 0.845. The predicted molar refractivity (Wildman–Crippen MR) is 98.2 cm³/mol. The lowest BCUT2D eigenvalue weighted by Gasteiger charge is -2.31. The number of amides is 2. The first-order chi connectivity index (χ1) is 12.5. The lowest BCUT2D eigenvalue weighted by molar-refractivity contribution is -0.126. The highest BCUT2D eigenvalue weighted by Gasteiger charge is 2.27. The molecule has 2 aromatic rings. The van der Waals surface area contributed by atoms with Crippen LogP contribution in [0.2, 0.25) is 0 Å². The summed E-state index contributed by atoms with van der Waals surface area (Å²) in [6.45, 7) is 1.46. The zero-order valence-electron chi connectivity index (χ0n) is 14.2. The lowest BCUT2D eigenvalue weighted by Crippen LogP contribution is -2.42. The molecule has 0 bridgehead atoms. The van der Waals surface area contributed by atoms with Crippen LogP contribution < -0.4 is 5.32 Å². The van der Waals surface area contributed by atoms with Crippen LogP contribution in [0.4, 0.5) is 0 Å². The Morgan fingerprint density at radius 3 is 2.38 bits per heavy atom. The molecule has 2 amide bonds. The molecule has 0 atom stereocenters. The molecule has 1 fully saturated rings. The number of likely N-dealkylation sites (tertiary alicyclic amines) is 1. The number of nitrogens with one attached hydrogen (secondary N) is 1. The van der Waals surface area contributed by atoms with Crippen molar-refractivity contribution in [3.05, 3.63) is 57.8 Å². The van der Waals surface area contributed by atoms with Gasteiger partial charge in [-0.3, -0.25) is 9.59 Å². The molecule has 26 heavy (non-hydrogen) atoms. The average Bonchev–Trinajstić information content (AvgIpc) is 3.16. The fourth-order valence-electron chi connectivity index (χ4n) is 3.01. The molecule has 0 unspecified atom stereocenters. The standard InChI is InChI=1S/C19H20N2O4S/c22-17(20-12-15-6-7-16(26-15)19(24)25)13-8-10-21(11-9-13)18(23)14-4-2-1-3-5-14/h1-7,13H,8-12H2,(H,20,22)(H,24,25). The second-order valence-corrected chi connectivity index (χ2v) is 7.39. The van der Waals surface area contributed by atoms with Crippen LogP contribution in [0.25, 0.3) is 0 Å². The van der Waals surface area contributed by atoms with Gasteiger partial charge in [-0.25, -0.2) is 4.79 Å². The summed E-state index contributed by atoms with van der Waals surface area (Å²) in [4.78, 5) is 38.5. The van der Waals surface area contributed by atoms with Crippen LogP contribution in [-0.4, -0.2) is 40.9 Å². The molecule has 6 nitrogen and oxygen atoms in total. The number of carboxylic acids is 1. The summed E-state index contributed by atoms with van der Waals surface area (Å²) >= 11 is 1.16. The number of rotatable bonds is 5. The van der Waals surface area contributed by atoms with E-state index in [2.05, 4.69) is 5.32 Å². The Labute approximate surface area is 155 Å². The number of carbonyl (C=O) groups is 3. The first-order valence-electron chi connectivity index (χ1n) is 8.48. The topological polar surface area (TPSA) is 86.7 Å². The molecule has 7 heteroatoms. The summed E-state index contributed by atoms with van der Waals surface area (Å²) in [5.74, 6) is -1.11. The minimum Gasteiger partial charge on any atom is -0.477 e. The number of thiophene rings is 1. The Bertz CT molecular complexity index is 795. The van der Waals surface area contributed by atoms with Crippen molar-refractivity contribution in [2.45, 2.75) is 19.4 Å². The summed E-state index contributed by atoms with van der Waals surface area (Å²) in [6, 6.07) is 12.4. The van der Waals surface area contributed by atoms with Crippen LogP contribution in [-0.2, 0) is 11.3 Å². The van der Waals surface area contributed by atoms with Gasteiger partial charge in [-0.05, 0) is 37.1 Å². The van der Waals surface area contributed by atoms with E-state index in [1.165, 1.54) is 0 Å². The van der Waals surface area contributed by atoms with E-state index < -0.39 is 5.97 Å². The van der Waals surface area contributed by atoms with E-state index in [0.717, 1.165) is 16.2 Å². The SMILES string of the molecule is O=C(O)c1ccc(CNC(=O)C2CCN(C(=O)c3ccccc3)CC2)s1.